The van der Waals surface area contributed by atoms with Gasteiger partial charge in [0.25, 0.3) is 5.91 Å². The van der Waals surface area contributed by atoms with Gasteiger partial charge in [0.1, 0.15) is 17.3 Å². The number of hydrogen-bond acceptors (Lipinski definition) is 5. The summed E-state index contributed by atoms with van der Waals surface area (Å²) in [4.78, 5) is 25.9. The van der Waals surface area contributed by atoms with Gasteiger partial charge in [-0.1, -0.05) is 23.4 Å². The minimum atomic E-state index is -0.320. The lowest BCUT2D eigenvalue weighted by atomic mass is 10.2. The number of carbonyl (C=O) groups is 1. The number of nitrogens with zero attached hydrogens (tertiary/aromatic N) is 5. The van der Waals surface area contributed by atoms with Crippen LogP contribution in [0.3, 0.4) is 0 Å². The van der Waals surface area contributed by atoms with Gasteiger partial charge < -0.3 is 9.80 Å². The molecule has 0 spiro atoms. The van der Waals surface area contributed by atoms with Crippen LogP contribution in [0.1, 0.15) is 10.5 Å². The number of pyridine rings is 1. The third-order valence-corrected chi connectivity index (χ3v) is 5.70. The van der Waals surface area contributed by atoms with Gasteiger partial charge in [0.15, 0.2) is 5.16 Å². The zero-order valence-electron chi connectivity index (χ0n) is 15.8. The first kappa shape index (κ1) is 19.7. The molecule has 1 aliphatic rings. The van der Waals surface area contributed by atoms with E-state index in [0.717, 1.165) is 5.82 Å². The Morgan fingerprint density at radius 3 is 2.38 bits per heavy atom. The van der Waals surface area contributed by atoms with Gasteiger partial charge in [-0.3, -0.25) is 9.36 Å². The quantitative estimate of drug-likeness (QED) is 0.589. The van der Waals surface area contributed by atoms with E-state index < -0.39 is 0 Å². The summed E-state index contributed by atoms with van der Waals surface area (Å²) < 4.78 is 15.1. The van der Waals surface area contributed by atoms with Crippen LogP contribution in [0.4, 0.5) is 10.2 Å². The highest BCUT2D eigenvalue weighted by molar-refractivity contribution is 7.98. The van der Waals surface area contributed by atoms with Crippen LogP contribution >= 0.6 is 23.4 Å². The highest BCUT2D eigenvalue weighted by Gasteiger charge is 2.26. The van der Waals surface area contributed by atoms with Crippen molar-refractivity contribution in [3.8, 4) is 5.69 Å². The van der Waals surface area contributed by atoms with Gasteiger partial charge in [0.05, 0.1) is 11.2 Å². The van der Waals surface area contributed by atoms with Crippen LogP contribution in [-0.2, 0) is 0 Å². The summed E-state index contributed by atoms with van der Waals surface area (Å²) in [5.74, 6) is 0.438. The molecule has 0 aliphatic carbocycles. The molecule has 1 amide bonds. The molecule has 0 saturated carbocycles. The lowest BCUT2D eigenvalue weighted by Gasteiger charge is -2.35. The zero-order chi connectivity index (χ0) is 20.4. The number of carbonyl (C=O) groups excluding carboxylic acids is 1. The molecule has 1 saturated heterocycles. The molecule has 0 N–H and O–H groups in total. The van der Waals surface area contributed by atoms with Crippen molar-refractivity contribution in [1.82, 2.24) is 19.4 Å². The third-order valence-electron chi connectivity index (χ3n) is 4.82. The molecule has 6 nitrogen and oxygen atoms in total. The summed E-state index contributed by atoms with van der Waals surface area (Å²) in [7, 11) is 0. The number of piperazine rings is 1. The largest absolute Gasteiger partial charge is 0.353 e. The molecule has 1 aromatic carbocycles. The predicted molar refractivity (Wildman–Crippen MR) is 113 cm³/mol. The molecular formula is C20H19ClFN5OS. The van der Waals surface area contributed by atoms with Crippen LogP contribution in [0.2, 0.25) is 5.02 Å². The number of aromatic nitrogens is 3. The van der Waals surface area contributed by atoms with E-state index in [1.54, 1.807) is 29.1 Å². The Bertz CT molecular complexity index is 1000. The molecule has 3 heterocycles. The van der Waals surface area contributed by atoms with Crippen LogP contribution in [0.15, 0.2) is 53.9 Å². The van der Waals surface area contributed by atoms with Gasteiger partial charge >= 0.3 is 0 Å². The van der Waals surface area contributed by atoms with E-state index in [0.29, 0.717) is 47.7 Å². The molecule has 1 aliphatic heterocycles. The SMILES string of the molecule is CSc1ncc(C(=O)N2CCN(c3ccc(Cl)cn3)CC2)n1-c1ccc(F)cc1. The first-order valence-corrected chi connectivity index (χ1v) is 10.7. The molecule has 3 aromatic rings. The van der Waals surface area contributed by atoms with E-state index >= 15 is 0 Å². The fourth-order valence-corrected chi connectivity index (χ4v) is 3.98. The number of imidazole rings is 1. The highest BCUT2D eigenvalue weighted by atomic mass is 35.5. The molecule has 0 radical (unpaired) electrons. The van der Waals surface area contributed by atoms with Gasteiger partial charge in [-0.15, -0.1) is 0 Å². The molecule has 29 heavy (non-hydrogen) atoms. The second-order valence-electron chi connectivity index (χ2n) is 6.56. The Balaban J connectivity index is 1.53. The van der Waals surface area contributed by atoms with Gasteiger partial charge in [0.2, 0.25) is 0 Å². The monoisotopic (exact) mass is 431 g/mol. The molecule has 0 atom stereocenters. The van der Waals surface area contributed by atoms with Gasteiger partial charge in [-0.25, -0.2) is 14.4 Å². The number of amides is 1. The van der Waals surface area contributed by atoms with Crippen molar-refractivity contribution >= 4 is 35.1 Å². The second-order valence-corrected chi connectivity index (χ2v) is 7.77. The molecular weight excluding hydrogens is 413 g/mol. The standard InChI is InChI=1S/C20H19ClFN5OS/c1-29-20-24-13-17(27(20)16-5-3-15(22)4-6-16)19(28)26-10-8-25(9-11-26)18-7-2-14(21)12-23-18/h2-7,12-13H,8-11H2,1H3. The maximum atomic E-state index is 13.3. The topological polar surface area (TPSA) is 54.3 Å². The molecule has 1 fully saturated rings. The summed E-state index contributed by atoms with van der Waals surface area (Å²) in [6, 6.07) is 9.76. The summed E-state index contributed by atoms with van der Waals surface area (Å²) in [5.41, 5.74) is 1.18. The maximum Gasteiger partial charge on any atom is 0.272 e. The minimum absolute atomic E-state index is 0.0918. The Labute approximate surface area is 177 Å². The van der Waals surface area contributed by atoms with Crippen LogP contribution in [0, 0.1) is 5.82 Å². The Kier molecular flexibility index (Phi) is 5.73. The van der Waals surface area contributed by atoms with Crippen molar-refractivity contribution in [2.45, 2.75) is 5.16 Å². The summed E-state index contributed by atoms with van der Waals surface area (Å²) in [6.45, 7) is 2.51. The smallest absolute Gasteiger partial charge is 0.272 e. The van der Waals surface area contributed by atoms with E-state index in [9.17, 15) is 9.18 Å². The van der Waals surface area contributed by atoms with Gasteiger partial charge in [0, 0.05) is 38.1 Å². The first-order chi connectivity index (χ1) is 14.1. The Hall–Kier alpha value is -2.58. The van der Waals surface area contributed by atoms with E-state index in [-0.39, 0.29) is 11.7 Å². The third kappa shape index (κ3) is 4.09. The average molecular weight is 432 g/mol. The first-order valence-electron chi connectivity index (χ1n) is 9.10. The number of halogens is 2. The molecule has 0 bridgehead atoms. The number of benzene rings is 1. The van der Waals surface area contributed by atoms with Crippen molar-refractivity contribution in [2.75, 3.05) is 37.3 Å². The van der Waals surface area contributed by atoms with E-state index in [2.05, 4.69) is 14.9 Å². The van der Waals surface area contributed by atoms with Crippen LogP contribution in [0.25, 0.3) is 5.69 Å². The van der Waals surface area contributed by atoms with Crippen molar-refractivity contribution in [3.05, 3.63) is 65.3 Å². The zero-order valence-corrected chi connectivity index (χ0v) is 17.3. The molecule has 4 rings (SSSR count). The number of hydrogen-bond donors (Lipinski definition) is 0. The van der Waals surface area contributed by atoms with Crippen LogP contribution in [-0.4, -0.2) is 57.8 Å². The highest BCUT2D eigenvalue weighted by Crippen LogP contribution is 2.24. The summed E-state index contributed by atoms with van der Waals surface area (Å²) in [6.07, 6.45) is 5.11. The Morgan fingerprint density at radius 1 is 1.03 bits per heavy atom. The molecule has 0 unspecified atom stereocenters. The number of anilines is 1. The maximum absolute atomic E-state index is 13.3. The fraction of sp³-hybridized carbons (Fsp3) is 0.250. The second kappa shape index (κ2) is 8.42. The average Bonchev–Trinajstić information content (AvgIpc) is 3.18. The van der Waals surface area contributed by atoms with E-state index in [4.69, 9.17) is 11.6 Å². The van der Waals surface area contributed by atoms with Gasteiger partial charge in [-0.05, 0) is 42.7 Å². The van der Waals surface area contributed by atoms with Crippen molar-refractivity contribution in [2.24, 2.45) is 0 Å². The number of rotatable bonds is 4. The Morgan fingerprint density at radius 2 is 1.76 bits per heavy atom. The predicted octanol–water partition coefficient (Wildman–Crippen LogP) is 3.74. The lowest BCUT2D eigenvalue weighted by molar-refractivity contribution is 0.0738. The molecule has 150 valence electrons. The molecule has 9 heteroatoms. The van der Waals surface area contributed by atoms with Crippen LogP contribution < -0.4 is 4.90 Å². The van der Waals surface area contributed by atoms with Crippen LogP contribution in [0.5, 0.6) is 0 Å². The fourth-order valence-electron chi connectivity index (χ4n) is 3.33. The summed E-state index contributed by atoms with van der Waals surface area (Å²) >= 11 is 7.34. The minimum Gasteiger partial charge on any atom is -0.353 e. The van der Waals surface area contributed by atoms with Crippen molar-refractivity contribution in [3.63, 3.8) is 0 Å². The van der Waals surface area contributed by atoms with E-state index in [1.165, 1.54) is 23.9 Å². The summed E-state index contributed by atoms with van der Waals surface area (Å²) in [5, 5.41) is 1.28. The lowest BCUT2D eigenvalue weighted by Crippen LogP contribution is -2.49. The number of thioether (sulfide) groups is 1. The van der Waals surface area contributed by atoms with Gasteiger partial charge in [-0.2, -0.15) is 0 Å². The normalized spacial score (nSPS) is 14.3. The van der Waals surface area contributed by atoms with Crippen molar-refractivity contribution < 1.29 is 9.18 Å². The van der Waals surface area contributed by atoms with E-state index in [1.807, 2.05) is 23.3 Å². The molecule has 2 aromatic heterocycles. The van der Waals surface area contributed by atoms with Crippen molar-refractivity contribution in [1.29, 1.82) is 0 Å².